The van der Waals surface area contributed by atoms with Crippen molar-refractivity contribution in [3.8, 4) is 0 Å². The molecule has 0 saturated carbocycles. The number of alkyl halides is 2. The molecule has 94 valence electrons. The Labute approximate surface area is 96.2 Å². The van der Waals surface area contributed by atoms with Gasteiger partial charge >= 0.3 is 0 Å². The first-order chi connectivity index (χ1) is 8.09. The number of aromatic nitrogens is 2. The van der Waals surface area contributed by atoms with Crippen LogP contribution in [0.25, 0.3) is 0 Å². The second-order valence-corrected chi connectivity index (χ2v) is 3.05. The Morgan fingerprint density at radius 1 is 1.53 bits per heavy atom. The summed E-state index contributed by atoms with van der Waals surface area (Å²) >= 11 is 0. The fraction of sp³-hybridized carbons (Fsp3) is 0.444. The minimum atomic E-state index is -2.51. The van der Waals surface area contributed by atoms with Crippen LogP contribution in [-0.4, -0.2) is 42.1 Å². The van der Waals surface area contributed by atoms with Crippen molar-refractivity contribution in [1.82, 2.24) is 15.3 Å². The van der Waals surface area contributed by atoms with Crippen LogP contribution in [0.3, 0.4) is 0 Å². The number of ether oxygens (including phenoxy) is 1. The number of nitrogen functional groups attached to an aromatic ring is 1. The van der Waals surface area contributed by atoms with E-state index in [2.05, 4.69) is 20.0 Å². The monoisotopic (exact) mass is 246 g/mol. The molecule has 0 saturated heterocycles. The van der Waals surface area contributed by atoms with Gasteiger partial charge in [0.2, 0.25) is 0 Å². The Kier molecular flexibility index (Phi) is 5.21. The molecule has 3 N–H and O–H groups in total. The lowest BCUT2D eigenvalue weighted by atomic mass is 10.4. The lowest BCUT2D eigenvalue weighted by Crippen LogP contribution is -2.28. The first kappa shape index (κ1) is 13.2. The third kappa shape index (κ3) is 5.16. The van der Waals surface area contributed by atoms with Gasteiger partial charge in [-0.05, 0) is 0 Å². The molecule has 0 aliphatic carbocycles. The minimum absolute atomic E-state index is 0.00578. The highest BCUT2D eigenvalue weighted by molar-refractivity contribution is 5.92. The highest BCUT2D eigenvalue weighted by Gasteiger charge is 2.07. The quantitative estimate of drug-likeness (QED) is 0.693. The van der Waals surface area contributed by atoms with E-state index in [4.69, 9.17) is 5.73 Å². The van der Waals surface area contributed by atoms with Gasteiger partial charge in [0.15, 0.2) is 0 Å². The molecule has 1 rings (SSSR count). The zero-order valence-corrected chi connectivity index (χ0v) is 8.90. The number of nitrogens with one attached hydrogen (secondary N) is 1. The van der Waals surface area contributed by atoms with Gasteiger partial charge in [0, 0.05) is 6.54 Å². The maximum atomic E-state index is 11.7. The highest BCUT2D eigenvalue weighted by atomic mass is 19.3. The number of nitrogens with two attached hydrogens (primary N) is 1. The van der Waals surface area contributed by atoms with Crippen molar-refractivity contribution in [2.45, 2.75) is 6.43 Å². The van der Waals surface area contributed by atoms with Crippen LogP contribution in [0.4, 0.5) is 14.6 Å². The fourth-order valence-corrected chi connectivity index (χ4v) is 0.990. The second-order valence-electron chi connectivity index (χ2n) is 3.05. The topological polar surface area (TPSA) is 90.1 Å². The average Bonchev–Trinajstić information content (AvgIpc) is 2.28. The van der Waals surface area contributed by atoms with Gasteiger partial charge < -0.3 is 15.8 Å². The molecule has 0 unspecified atom stereocenters. The van der Waals surface area contributed by atoms with E-state index in [1.54, 1.807) is 0 Å². The number of rotatable bonds is 6. The molecular weight excluding hydrogens is 234 g/mol. The first-order valence-corrected chi connectivity index (χ1v) is 4.81. The molecule has 0 bridgehead atoms. The minimum Gasteiger partial charge on any atom is -0.382 e. The number of carbonyl (C=O) groups is 1. The van der Waals surface area contributed by atoms with E-state index in [0.717, 1.165) is 0 Å². The van der Waals surface area contributed by atoms with Gasteiger partial charge in [-0.25, -0.2) is 13.8 Å². The van der Waals surface area contributed by atoms with Crippen LogP contribution in [0, 0.1) is 0 Å². The largest absolute Gasteiger partial charge is 0.382 e. The molecule has 17 heavy (non-hydrogen) atoms. The van der Waals surface area contributed by atoms with Crippen molar-refractivity contribution in [1.29, 1.82) is 0 Å². The van der Waals surface area contributed by atoms with Gasteiger partial charge in [-0.1, -0.05) is 0 Å². The van der Waals surface area contributed by atoms with E-state index in [1.165, 1.54) is 12.4 Å². The molecule has 1 heterocycles. The third-order valence-corrected chi connectivity index (χ3v) is 1.66. The Balaban J connectivity index is 2.26. The number of carbonyl (C=O) groups excluding carboxylic acids is 1. The average molecular weight is 246 g/mol. The standard InChI is InChI=1S/C9H12F2N4O2/c10-7(11)5-17-2-1-14-9(16)6-3-13-4-8(12)15-6/h3-4,7H,1-2,5H2,(H2,12,15)(H,14,16). The molecule has 6 nitrogen and oxygen atoms in total. The maximum absolute atomic E-state index is 11.7. The zero-order valence-electron chi connectivity index (χ0n) is 8.90. The van der Waals surface area contributed by atoms with Crippen LogP contribution >= 0.6 is 0 Å². The van der Waals surface area contributed by atoms with E-state index in [1.807, 2.05) is 0 Å². The summed E-state index contributed by atoms with van der Waals surface area (Å²) in [6, 6.07) is 0. The molecular formula is C9H12F2N4O2. The molecule has 0 aliphatic rings. The predicted octanol–water partition coefficient (Wildman–Crippen LogP) is 0.0703. The summed E-state index contributed by atoms with van der Waals surface area (Å²) < 4.78 is 28.0. The van der Waals surface area contributed by atoms with E-state index >= 15 is 0 Å². The number of nitrogens with zero attached hydrogens (tertiary/aromatic N) is 2. The summed E-state index contributed by atoms with van der Waals surface area (Å²) in [6.07, 6.45) is 0.0549. The van der Waals surface area contributed by atoms with Gasteiger partial charge in [-0.3, -0.25) is 9.78 Å². The molecule has 0 radical (unpaired) electrons. The van der Waals surface area contributed by atoms with Gasteiger partial charge in [-0.15, -0.1) is 0 Å². The Bertz CT molecular complexity index is 376. The van der Waals surface area contributed by atoms with Crippen molar-refractivity contribution in [2.24, 2.45) is 0 Å². The van der Waals surface area contributed by atoms with Gasteiger partial charge in [0.1, 0.15) is 18.1 Å². The fourth-order valence-electron chi connectivity index (χ4n) is 0.990. The van der Waals surface area contributed by atoms with E-state index in [0.29, 0.717) is 0 Å². The number of anilines is 1. The summed E-state index contributed by atoms with van der Waals surface area (Å²) in [4.78, 5) is 18.9. The van der Waals surface area contributed by atoms with Crippen molar-refractivity contribution < 1.29 is 18.3 Å². The first-order valence-electron chi connectivity index (χ1n) is 4.81. The normalized spacial score (nSPS) is 10.5. The number of hydrogen-bond donors (Lipinski definition) is 2. The van der Waals surface area contributed by atoms with Crippen LogP contribution in [-0.2, 0) is 4.74 Å². The van der Waals surface area contributed by atoms with Crippen molar-refractivity contribution in [2.75, 3.05) is 25.5 Å². The van der Waals surface area contributed by atoms with E-state index in [-0.39, 0.29) is 24.7 Å². The highest BCUT2D eigenvalue weighted by Crippen LogP contribution is 1.96. The van der Waals surface area contributed by atoms with Crippen molar-refractivity contribution in [3.05, 3.63) is 18.1 Å². The van der Waals surface area contributed by atoms with E-state index < -0.39 is 18.9 Å². The van der Waals surface area contributed by atoms with Gasteiger partial charge in [0.25, 0.3) is 12.3 Å². The van der Waals surface area contributed by atoms with Crippen LogP contribution in [0.1, 0.15) is 10.5 Å². The molecule has 1 aromatic rings. The molecule has 0 aromatic carbocycles. The molecule has 1 amide bonds. The number of halogens is 2. The summed E-state index contributed by atoms with van der Waals surface area (Å²) in [5, 5.41) is 2.43. The Morgan fingerprint density at radius 2 is 2.29 bits per heavy atom. The summed E-state index contributed by atoms with van der Waals surface area (Å²) in [5.41, 5.74) is 5.41. The molecule has 0 fully saturated rings. The van der Waals surface area contributed by atoms with Crippen LogP contribution < -0.4 is 11.1 Å². The summed E-state index contributed by atoms with van der Waals surface area (Å²) in [7, 11) is 0. The van der Waals surface area contributed by atoms with Gasteiger partial charge in [0.05, 0.1) is 19.0 Å². The molecule has 8 heteroatoms. The SMILES string of the molecule is Nc1cncc(C(=O)NCCOCC(F)F)n1. The summed E-state index contributed by atoms with van der Waals surface area (Å²) in [6.45, 7) is -0.526. The van der Waals surface area contributed by atoms with Gasteiger partial charge in [-0.2, -0.15) is 0 Å². The van der Waals surface area contributed by atoms with Crippen LogP contribution in [0.2, 0.25) is 0 Å². The summed E-state index contributed by atoms with van der Waals surface area (Å²) in [5.74, 6) is -0.350. The van der Waals surface area contributed by atoms with Crippen LogP contribution in [0.5, 0.6) is 0 Å². The second kappa shape index (κ2) is 6.69. The lowest BCUT2D eigenvalue weighted by Gasteiger charge is -2.05. The van der Waals surface area contributed by atoms with Crippen LogP contribution in [0.15, 0.2) is 12.4 Å². The van der Waals surface area contributed by atoms with E-state index in [9.17, 15) is 13.6 Å². The Hall–Kier alpha value is -1.83. The number of amides is 1. The zero-order chi connectivity index (χ0) is 12.7. The molecule has 0 atom stereocenters. The smallest absolute Gasteiger partial charge is 0.271 e. The molecule has 0 spiro atoms. The Morgan fingerprint density at radius 3 is 2.94 bits per heavy atom. The van der Waals surface area contributed by atoms with Crippen molar-refractivity contribution in [3.63, 3.8) is 0 Å². The molecule has 1 aromatic heterocycles. The third-order valence-electron chi connectivity index (χ3n) is 1.66. The number of hydrogen-bond acceptors (Lipinski definition) is 5. The maximum Gasteiger partial charge on any atom is 0.271 e. The lowest BCUT2D eigenvalue weighted by molar-refractivity contribution is 0.0188. The molecule has 0 aliphatic heterocycles. The predicted molar refractivity (Wildman–Crippen MR) is 55.6 cm³/mol. The van der Waals surface area contributed by atoms with Crippen molar-refractivity contribution >= 4 is 11.7 Å².